The number of rotatable bonds is 4. The average molecular weight is 611 g/mol. The van der Waals surface area contributed by atoms with E-state index in [1.165, 1.54) is 10.8 Å². The van der Waals surface area contributed by atoms with Gasteiger partial charge in [0, 0.05) is 38.3 Å². The summed E-state index contributed by atoms with van der Waals surface area (Å²) in [6.45, 7) is 7.61. The molecule has 0 aliphatic carbocycles. The van der Waals surface area contributed by atoms with Crippen molar-refractivity contribution in [3.63, 3.8) is 0 Å². The molecule has 0 aliphatic rings. The lowest BCUT2D eigenvalue weighted by Crippen LogP contribution is -1.99. The Morgan fingerprint density at radius 1 is 0.479 bits per heavy atom. The minimum absolute atomic E-state index is 0.616. The summed E-state index contributed by atoms with van der Waals surface area (Å²) in [5, 5.41) is 14.7. The zero-order chi connectivity index (χ0) is 32.2. The van der Waals surface area contributed by atoms with Crippen LogP contribution < -0.4 is 0 Å². The molecule has 2 heterocycles. The lowest BCUT2D eigenvalue weighted by atomic mass is 9.92. The van der Waals surface area contributed by atoms with Gasteiger partial charge in [-0.1, -0.05) is 103 Å². The first-order chi connectivity index (χ1) is 23.7. The molecular weight excluding hydrogens is 585 g/mol. The van der Waals surface area contributed by atoms with E-state index in [-0.39, 0.29) is 0 Å². The summed E-state index contributed by atoms with van der Waals surface area (Å²) in [6.07, 6.45) is 0. The number of nitrogens with zero attached hydrogens (tertiary/aromatic N) is 4. The summed E-state index contributed by atoms with van der Waals surface area (Å²) < 4.78 is 4.56. The van der Waals surface area contributed by atoms with E-state index in [0.717, 1.165) is 66.5 Å². The van der Waals surface area contributed by atoms with Crippen molar-refractivity contribution in [2.75, 3.05) is 0 Å². The fourth-order valence-electron chi connectivity index (χ4n) is 7.26. The minimum atomic E-state index is 0.616. The molecule has 0 bridgehead atoms. The molecule has 0 aliphatic heterocycles. The highest BCUT2D eigenvalue weighted by atomic mass is 15.0. The van der Waals surface area contributed by atoms with Gasteiger partial charge in [-0.05, 0) is 71.3 Å². The zero-order valence-corrected chi connectivity index (χ0v) is 25.8. The van der Waals surface area contributed by atoms with Crippen LogP contribution in [0.3, 0.4) is 0 Å². The van der Waals surface area contributed by atoms with E-state index in [9.17, 15) is 5.26 Å². The van der Waals surface area contributed by atoms with Gasteiger partial charge in [0.05, 0.1) is 40.4 Å². The van der Waals surface area contributed by atoms with Crippen LogP contribution >= 0.6 is 0 Å². The summed E-state index contributed by atoms with van der Waals surface area (Å²) in [5.74, 6) is 0. The molecular formula is C44H26N4. The van der Waals surface area contributed by atoms with Gasteiger partial charge in [-0.15, -0.1) is 0 Å². The molecule has 0 saturated carbocycles. The second-order valence-electron chi connectivity index (χ2n) is 12.0. The molecule has 7 aromatic carbocycles. The number of benzene rings is 7. The van der Waals surface area contributed by atoms with Crippen molar-refractivity contribution >= 4 is 49.3 Å². The maximum atomic E-state index is 9.99. The summed E-state index contributed by atoms with van der Waals surface area (Å²) in [7, 11) is 0. The van der Waals surface area contributed by atoms with Crippen molar-refractivity contribution < 1.29 is 0 Å². The highest BCUT2D eigenvalue weighted by molar-refractivity contribution is 6.11. The van der Waals surface area contributed by atoms with Crippen molar-refractivity contribution in [3.8, 4) is 39.7 Å². The first-order valence-electron chi connectivity index (χ1n) is 15.9. The normalized spacial score (nSPS) is 11.3. The molecule has 0 spiro atoms. The third-order valence-corrected chi connectivity index (χ3v) is 9.39. The number of fused-ring (bicyclic) bond motifs is 6. The van der Waals surface area contributed by atoms with E-state index in [2.05, 4.69) is 154 Å². The quantitative estimate of drug-likeness (QED) is 0.183. The molecule has 0 saturated heterocycles. The maximum absolute atomic E-state index is 9.99. The molecule has 0 unspecified atom stereocenters. The van der Waals surface area contributed by atoms with Crippen LogP contribution in [0.25, 0.3) is 82.1 Å². The van der Waals surface area contributed by atoms with Crippen molar-refractivity contribution in [1.29, 1.82) is 5.26 Å². The Balaban J connectivity index is 1.23. The number of hydrogen-bond acceptors (Lipinski definition) is 1. The molecule has 2 aromatic heterocycles. The van der Waals surface area contributed by atoms with Crippen LogP contribution in [0, 0.1) is 17.9 Å². The van der Waals surface area contributed by atoms with E-state index in [0.29, 0.717) is 11.3 Å². The Morgan fingerprint density at radius 3 is 1.67 bits per heavy atom. The largest absolute Gasteiger partial charge is 0.311 e. The van der Waals surface area contributed by atoms with Crippen LogP contribution in [0.2, 0.25) is 0 Å². The maximum Gasteiger partial charge on any atom is 0.189 e. The van der Waals surface area contributed by atoms with E-state index >= 15 is 0 Å². The van der Waals surface area contributed by atoms with Gasteiger partial charge in [-0.25, -0.2) is 4.85 Å². The molecule has 0 amide bonds. The van der Waals surface area contributed by atoms with Gasteiger partial charge in [0.25, 0.3) is 0 Å². The van der Waals surface area contributed by atoms with Crippen molar-refractivity contribution in [3.05, 3.63) is 175 Å². The van der Waals surface area contributed by atoms with E-state index in [4.69, 9.17) is 6.57 Å². The molecule has 4 nitrogen and oxygen atoms in total. The molecule has 9 rings (SSSR count). The van der Waals surface area contributed by atoms with Gasteiger partial charge >= 0.3 is 0 Å². The lowest BCUT2D eigenvalue weighted by molar-refractivity contribution is 1.18. The fourth-order valence-corrected chi connectivity index (χ4v) is 7.26. The van der Waals surface area contributed by atoms with Crippen molar-refractivity contribution in [2.24, 2.45) is 0 Å². The molecule has 9 aromatic rings. The number of para-hydroxylation sites is 3. The smallest absolute Gasteiger partial charge is 0.189 e. The molecule has 0 fully saturated rings. The first kappa shape index (κ1) is 27.4. The predicted molar refractivity (Wildman–Crippen MR) is 197 cm³/mol. The topological polar surface area (TPSA) is 38.0 Å². The number of nitriles is 1. The molecule has 0 radical (unpaired) electrons. The second kappa shape index (κ2) is 10.9. The van der Waals surface area contributed by atoms with Crippen LogP contribution in [-0.4, -0.2) is 9.13 Å². The molecule has 0 N–H and O–H groups in total. The second-order valence-corrected chi connectivity index (χ2v) is 12.0. The van der Waals surface area contributed by atoms with Crippen molar-refractivity contribution in [1.82, 2.24) is 9.13 Å². The first-order valence-corrected chi connectivity index (χ1v) is 15.9. The van der Waals surface area contributed by atoms with Gasteiger partial charge in [-0.3, -0.25) is 0 Å². The van der Waals surface area contributed by atoms with Gasteiger partial charge in [0.2, 0.25) is 0 Å². The van der Waals surface area contributed by atoms with Gasteiger partial charge < -0.3 is 9.13 Å². The fraction of sp³-hybridized carbons (Fsp3) is 0. The van der Waals surface area contributed by atoms with E-state index < -0.39 is 0 Å². The van der Waals surface area contributed by atoms with Crippen LogP contribution in [0.5, 0.6) is 0 Å². The average Bonchev–Trinajstić information content (AvgIpc) is 3.67. The van der Waals surface area contributed by atoms with Gasteiger partial charge in [0.1, 0.15) is 0 Å². The molecule has 4 heteroatoms. The zero-order valence-electron chi connectivity index (χ0n) is 25.8. The van der Waals surface area contributed by atoms with Gasteiger partial charge in [-0.2, -0.15) is 5.26 Å². The molecule has 0 atom stereocenters. The predicted octanol–water partition coefficient (Wildman–Crippen LogP) is 11.6. The highest BCUT2D eigenvalue weighted by Gasteiger charge is 2.19. The lowest BCUT2D eigenvalue weighted by Gasteiger charge is -2.18. The SMILES string of the molecule is [C-]#[N+]c1ccc2c3ccccc3n(-c3ccc(-c4ccccc4-c4cc(C#N)ccc4-n4c5ccccc5c5ccccc54)cc3)c2c1. The third kappa shape index (κ3) is 4.14. The summed E-state index contributed by atoms with van der Waals surface area (Å²) >= 11 is 0. The Bertz CT molecular complexity index is 2750. The Morgan fingerprint density at radius 2 is 1.04 bits per heavy atom. The number of hydrogen-bond donors (Lipinski definition) is 0. The minimum Gasteiger partial charge on any atom is -0.311 e. The highest BCUT2D eigenvalue weighted by Crippen LogP contribution is 2.41. The van der Waals surface area contributed by atoms with Crippen LogP contribution in [0.15, 0.2) is 158 Å². The van der Waals surface area contributed by atoms with E-state index in [1.807, 2.05) is 24.3 Å². The number of aromatic nitrogens is 2. The summed E-state index contributed by atoms with van der Waals surface area (Å²) in [6, 6.07) is 56.8. The Kier molecular flexibility index (Phi) is 6.22. The summed E-state index contributed by atoms with van der Waals surface area (Å²) in [4.78, 5) is 3.70. The summed E-state index contributed by atoms with van der Waals surface area (Å²) in [5.41, 5.74) is 11.9. The van der Waals surface area contributed by atoms with Crippen LogP contribution in [0.1, 0.15) is 5.56 Å². The molecule has 222 valence electrons. The standard InChI is InChI=1S/C44H26N4/c1-46-31-21-24-38-37-14-4-7-15-40(37)47(44(38)27-31)32-22-19-30(20-23-32)33-10-2-3-11-34(33)39-26-29(28-45)18-25-43(39)48-41-16-8-5-12-35(41)36-13-6-9-17-42(36)48/h2-27H. The van der Waals surface area contributed by atoms with Crippen molar-refractivity contribution in [2.45, 2.75) is 0 Å². The Hall–Kier alpha value is -6.88. The third-order valence-electron chi connectivity index (χ3n) is 9.39. The Labute approximate surface area is 277 Å². The van der Waals surface area contributed by atoms with Gasteiger partial charge in [0.15, 0.2) is 5.69 Å². The van der Waals surface area contributed by atoms with E-state index in [1.54, 1.807) is 0 Å². The van der Waals surface area contributed by atoms with Crippen LogP contribution in [0.4, 0.5) is 5.69 Å². The molecule has 48 heavy (non-hydrogen) atoms. The van der Waals surface area contributed by atoms with Crippen LogP contribution in [-0.2, 0) is 0 Å². The monoisotopic (exact) mass is 610 g/mol.